The quantitative estimate of drug-likeness (QED) is 0.802. The van der Waals surface area contributed by atoms with Crippen LogP contribution in [-0.2, 0) is 0 Å². The number of aryl methyl sites for hydroxylation is 1. The molecule has 0 radical (unpaired) electrons. The number of aliphatic hydroxyl groups is 1. The van der Waals surface area contributed by atoms with Crippen molar-refractivity contribution in [2.75, 3.05) is 0 Å². The molecule has 1 saturated carbocycles. The molecule has 0 saturated heterocycles. The van der Waals surface area contributed by atoms with Gasteiger partial charge in [0.25, 0.3) is 5.91 Å². The molecule has 7 heteroatoms. The van der Waals surface area contributed by atoms with Crippen molar-refractivity contribution in [2.24, 2.45) is 0 Å². The van der Waals surface area contributed by atoms with Crippen LogP contribution in [0.25, 0.3) is 5.69 Å². The van der Waals surface area contributed by atoms with Gasteiger partial charge in [0, 0.05) is 0 Å². The Bertz CT molecular complexity index is 760. The number of benzene rings is 1. The zero-order valence-electron chi connectivity index (χ0n) is 13.4. The van der Waals surface area contributed by atoms with Crippen molar-refractivity contribution >= 4 is 5.91 Å². The predicted octanol–water partition coefficient (Wildman–Crippen LogP) is 2.06. The predicted molar refractivity (Wildman–Crippen MR) is 85.7 cm³/mol. The van der Waals surface area contributed by atoms with Crippen molar-refractivity contribution in [1.29, 1.82) is 0 Å². The van der Waals surface area contributed by atoms with E-state index in [2.05, 4.69) is 10.4 Å². The van der Waals surface area contributed by atoms with Crippen molar-refractivity contribution in [2.45, 2.75) is 44.8 Å². The standard InChI is InChI=1S/C17H20FN3O3/c1-10-8-11(18)6-7-13(10)21-9-15(23)16(20-21)17(24)19-12-4-2-3-5-14(12)22/h6-9,12,14,22-23H,2-5H2,1H3,(H,19,24). The molecular formula is C17H20FN3O3. The van der Waals surface area contributed by atoms with Crippen LogP contribution in [0, 0.1) is 12.7 Å². The lowest BCUT2D eigenvalue weighted by atomic mass is 9.92. The second kappa shape index (κ2) is 6.60. The Morgan fingerprint density at radius 1 is 1.38 bits per heavy atom. The maximum absolute atomic E-state index is 13.2. The zero-order valence-corrected chi connectivity index (χ0v) is 13.4. The zero-order chi connectivity index (χ0) is 17.3. The van der Waals surface area contributed by atoms with Crippen molar-refractivity contribution in [1.82, 2.24) is 15.1 Å². The first-order chi connectivity index (χ1) is 11.5. The SMILES string of the molecule is Cc1cc(F)ccc1-n1cc(O)c(C(=O)NC2CCCCC2O)n1. The number of nitrogens with one attached hydrogen (secondary N) is 1. The monoisotopic (exact) mass is 333 g/mol. The highest BCUT2D eigenvalue weighted by atomic mass is 19.1. The number of aromatic hydroxyl groups is 1. The van der Waals surface area contributed by atoms with E-state index in [9.17, 15) is 19.4 Å². The number of rotatable bonds is 3. The molecule has 1 aliphatic rings. The fourth-order valence-electron chi connectivity index (χ4n) is 3.04. The lowest BCUT2D eigenvalue weighted by molar-refractivity contribution is 0.0711. The van der Waals surface area contributed by atoms with Crippen molar-refractivity contribution in [3.63, 3.8) is 0 Å². The molecule has 3 N–H and O–H groups in total. The molecule has 0 spiro atoms. The number of carbonyl (C=O) groups excluding carboxylic acids is 1. The van der Waals surface area contributed by atoms with Crippen LogP contribution >= 0.6 is 0 Å². The van der Waals surface area contributed by atoms with Gasteiger partial charge in [-0.05, 0) is 43.5 Å². The summed E-state index contributed by atoms with van der Waals surface area (Å²) in [4.78, 5) is 12.3. The Balaban J connectivity index is 1.82. The molecule has 1 aromatic carbocycles. The first-order valence-corrected chi connectivity index (χ1v) is 8.00. The molecule has 3 rings (SSSR count). The summed E-state index contributed by atoms with van der Waals surface area (Å²) in [6.45, 7) is 1.72. The molecule has 1 heterocycles. The number of aliphatic hydroxyl groups excluding tert-OH is 1. The fourth-order valence-corrected chi connectivity index (χ4v) is 3.04. The van der Waals surface area contributed by atoms with Crippen LogP contribution < -0.4 is 5.32 Å². The number of carbonyl (C=O) groups is 1. The topological polar surface area (TPSA) is 87.4 Å². The minimum Gasteiger partial charge on any atom is -0.504 e. The van der Waals surface area contributed by atoms with E-state index in [1.165, 1.54) is 29.1 Å². The van der Waals surface area contributed by atoms with Crippen LogP contribution in [0.2, 0.25) is 0 Å². The third kappa shape index (κ3) is 3.26. The third-order valence-electron chi connectivity index (χ3n) is 4.36. The van der Waals surface area contributed by atoms with E-state index >= 15 is 0 Å². The summed E-state index contributed by atoms with van der Waals surface area (Å²) in [6.07, 6.45) is 3.97. The van der Waals surface area contributed by atoms with Crippen molar-refractivity contribution < 1.29 is 19.4 Å². The van der Waals surface area contributed by atoms with Crippen LogP contribution in [0.15, 0.2) is 24.4 Å². The van der Waals surface area contributed by atoms with Gasteiger partial charge in [0.1, 0.15) is 5.82 Å². The highest BCUT2D eigenvalue weighted by Crippen LogP contribution is 2.23. The van der Waals surface area contributed by atoms with E-state index in [0.29, 0.717) is 24.1 Å². The molecule has 1 aliphatic carbocycles. The lowest BCUT2D eigenvalue weighted by Gasteiger charge is -2.27. The number of nitrogens with zero attached hydrogens (tertiary/aromatic N) is 2. The Kier molecular flexibility index (Phi) is 4.53. The maximum Gasteiger partial charge on any atom is 0.275 e. The Morgan fingerprint density at radius 3 is 2.83 bits per heavy atom. The molecule has 128 valence electrons. The molecule has 2 atom stereocenters. The summed E-state index contributed by atoms with van der Waals surface area (Å²) in [6, 6.07) is 3.85. The van der Waals surface area contributed by atoms with E-state index < -0.39 is 12.0 Å². The van der Waals surface area contributed by atoms with Gasteiger partial charge < -0.3 is 15.5 Å². The van der Waals surface area contributed by atoms with E-state index in [0.717, 1.165) is 12.8 Å². The smallest absolute Gasteiger partial charge is 0.275 e. The number of hydrogen-bond acceptors (Lipinski definition) is 4. The van der Waals surface area contributed by atoms with E-state index in [4.69, 9.17) is 0 Å². The minimum atomic E-state index is -0.578. The molecule has 24 heavy (non-hydrogen) atoms. The first kappa shape index (κ1) is 16.4. The summed E-state index contributed by atoms with van der Waals surface area (Å²) >= 11 is 0. The van der Waals surface area contributed by atoms with Gasteiger partial charge in [0.15, 0.2) is 11.4 Å². The molecule has 6 nitrogen and oxygen atoms in total. The van der Waals surface area contributed by atoms with Crippen LogP contribution in [-0.4, -0.2) is 38.0 Å². The highest BCUT2D eigenvalue weighted by molar-refractivity contribution is 5.95. The summed E-state index contributed by atoms with van der Waals surface area (Å²) < 4.78 is 14.5. The highest BCUT2D eigenvalue weighted by Gasteiger charge is 2.27. The molecule has 0 bridgehead atoms. The number of amides is 1. The lowest BCUT2D eigenvalue weighted by Crippen LogP contribution is -2.45. The van der Waals surface area contributed by atoms with Gasteiger partial charge >= 0.3 is 0 Å². The van der Waals surface area contributed by atoms with E-state index in [1.807, 2.05) is 0 Å². The van der Waals surface area contributed by atoms with Gasteiger partial charge in [-0.3, -0.25) is 4.79 Å². The van der Waals surface area contributed by atoms with Gasteiger partial charge in [-0.2, -0.15) is 5.10 Å². The Morgan fingerprint density at radius 2 is 2.12 bits per heavy atom. The van der Waals surface area contributed by atoms with Gasteiger partial charge in [-0.1, -0.05) is 12.8 Å². The van der Waals surface area contributed by atoms with Gasteiger partial charge in [-0.25, -0.2) is 9.07 Å². The largest absolute Gasteiger partial charge is 0.504 e. The summed E-state index contributed by atoms with van der Waals surface area (Å²) in [5.41, 5.74) is 1.09. The number of hydrogen-bond donors (Lipinski definition) is 3. The molecule has 2 unspecified atom stereocenters. The number of halogens is 1. The average Bonchev–Trinajstić information content (AvgIpc) is 2.91. The second-order valence-corrected chi connectivity index (χ2v) is 6.17. The van der Waals surface area contributed by atoms with E-state index in [-0.39, 0.29) is 23.3 Å². The van der Waals surface area contributed by atoms with Gasteiger partial charge in [0.2, 0.25) is 0 Å². The summed E-state index contributed by atoms with van der Waals surface area (Å²) in [7, 11) is 0. The summed E-state index contributed by atoms with van der Waals surface area (Å²) in [5, 5.41) is 26.8. The third-order valence-corrected chi connectivity index (χ3v) is 4.36. The average molecular weight is 333 g/mol. The normalized spacial score (nSPS) is 20.8. The number of aromatic nitrogens is 2. The van der Waals surface area contributed by atoms with Crippen LogP contribution in [0.1, 0.15) is 41.7 Å². The van der Waals surface area contributed by atoms with Crippen LogP contribution in [0.3, 0.4) is 0 Å². The maximum atomic E-state index is 13.2. The Labute approximate surface area is 138 Å². The van der Waals surface area contributed by atoms with Gasteiger partial charge in [-0.15, -0.1) is 0 Å². The van der Waals surface area contributed by atoms with Gasteiger partial charge in [0.05, 0.1) is 24.0 Å². The molecule has 1 amide bonds. The molecule has 1 fully saturated rings. The second-order valence-electron chi connectivity index (χ2n) is 6.17. The summed E-state index contributed by atoms with van der Waals surface area (Å²) in [5.74, 6) is -1.16. The molecule has 1 aromatic heterocycles. The Hall–Kier alpha value is -2.41. The minimum absolute atomic E-state index is 0.114. The van der Waals surface area contributed by atoms with Crippen molar-refractivity contribution in [3.05, 3.63) is 41.5 Å². The molecule has 2 aromatic rings. The van der Waals surface area contributed by atoms with E-state index in [1.54, 1.807) is 6.92 Å². The van der Waals surface area contributed by atoms with Crippen LogP contribution in [0.4, 0.5) is 4.39 Å². The van der Waals surface area contributed by atoms with Crippen molar-refractivity contribution in [3.8, 4) is 11.4 Å². The molecular weight excluding hydrogens is 313 g/mol. The van der Waals surface area contributed by atoms with Crippen LogP contribution in [0.5, 0.6) is 5.75 Å². The molecule has 0 aliphatic heterocycles. The fraction of sp³-hybridized carbons (Fsp3) is 0.412. The first-order valence-electron chi connectivity index (χ1n) is 8.00.